The first-order valence-electron chi connectivity index (χ1n) is 12.5. The molecule has 0 aromatic heterocycles. The summed E-state index contributed by atoms with van der Waals surface area (Å²) in [5.74, 6) is 0.0844. The van der Waals surface area contributed by atoms with Crippen molar-refractivity contribution in [1.82, 2.24) is 0 Å². The van der Waals surface area contributed by atoms with Crippen molar-refractivity contribution in [1.29, 1.82) is 0 Å². The number of fused-ring (bicyclic) bond motifs is 1. The zero-order valence-corrected chi connectivity index (χ0v) is 22.1. The van der Waals surface area contributed by atoms with Gasteiger partial charge < -0.3 is 19.3 Å². The standard InChI is InChI=1S/C30H32O7/c1-29(2)11-18(31)24-21(13-29)37-22-14-30(3,4)12-19(32)25(22)26(24)23-15-7-8-17(28(33)34)27(36-6)16(15)9-10-20(23)35-5/h7-10,26H,11-14H2,1-6H3,(H,33,34). The van der Waals surface area contributed by atoms with Crippen LogP contribution in [0, 0.1) is 10.8 Å². The fourth-order valence-electron chi connectivity index (χ4n) is 6.21. The number of rotatable bonds is 4. The van der Waals surface area contributed by atoms with Crippen molar-refractivity contribution in [2.24, 2.45) is 10.8 Å². The molecule has 2 aromatic rings. The minimum atomic E-state index is -1.11. The highest BCUT2D eigenvalue weighted by molar-refractivity contribution is 6.09. The zero-order valence-electron chi connectivity index (χ0n) is 22.1. The van der Waals surface area contributed by atoms with Crippen LogP contribution in [0.25, 0.3) is 10.8 Å². The van der Waals surface area contributed by atoms with Crippen molar-refractivity contribution in [3.63, 3.8) is 0 Å². The number of methoxy groups -OCH3 is 2. The number of carbonyl (C=O) groups excluding carboxylic acids is 2. The van der Waals surface area contributed by atoms with Crippen molar-refractivity contribution in [3.05, 3.63) is 58.1 Å². The first-order chi connectivity index (χ1) is 17.4. The third-order valence-corrected chi connectivity index (χ3v) is 7.68. The highest BCUT2D eigenvalue weighted by Crippen LogP contribution is 2.56. The minimum Gasteiger partial charge on any atom is -0.496 e. The van der Waals surface area contributed by atoms with Gasteiger partial charge in [-0.15, -0.1) is 0 Å². The largest absolute Gasteiger partial charge is 0.496 e. The molecule has 0 saturated carbocycles. The van der Waals surface area contributed by atoms with Crippen molar-refractivity contribution in [3.8, 4) is 11.5 Å². The molecule has 0 unspecified atom stereocenters. The van der Waals surface area contributed by atoms with E-state index in [1.165, 1.54) is 13.2 Å². The predicted octanol–water partition coefficient (Wildman–Crippen LogP) is 5.96. The molecular formula is C30H32O7. The fraction of sp³-hybridized carbons (Fsp3) is 0.433. The van der Waals surface area contributed by atoms with Crippen LogP contribution in [-0.4, -0.2) is 36.9 Å². The van der Waals surface area contributed by atoms with E-state index in [1.807, 2.05) is 27.7 Å². The van der Waals surface area contributed by atoms with E-state index in [4.69, 9.17) is 14.2 Å². The molecule has 0 bridgehead atoms. The van der Waals surface area contributed by atoms with Crippen LogP contribution in [0.4, 0.5) is 0 Å². The van der Waals surface area contributed by atoms with Gasteiger partial charge in [0.1, 0.15) is 28.6 Å². The average Bonchev–Trinajstić information content (AvgIpc) is 2.79. The highest BCUT2D eigenvalue weighted by Gasteiger charge is 2.49. The topological polar surface area (TPSA) is 99.1 Å². The summed E-state index contributed by atoms with van der Waals surface area (Å²) in [6.45, 7) is 8.18. The molecule has 1 N–H and O–H groups in total. The second-order valence-corrected chi connectivity index (χ2v) is 11.8. The minimum absolute atomic E-state index is 0.0314. The maximum absolute atomic E-state index is 13.7. The molecule has 0 saturated heterocycles. The molecule has 0 radical (unpaired) electrons. The Kier molecular flexibility index (Phi) is 5.73. The summed E-state index contributed by atoms with van der Waals surface area (Å²) in [4.78, 5) is 39.3. The van der Waals surface area contributed by atoms with Gasteiger partial charge in [0, 0.05) is 47.8 Å². The smallest absolute Gasteiger partial charge is 0.339 e. The summed E-state index contributed by atoms with van der Waals surface area (Å²) in [7, 11) is 2.98. The van der Waals surface area contributed by atoms with Crippen molar-refractivity contribution in [2.75, 3.05) is 14.2 Å². The molecule has 2 aromatic carbocycles. The predicted molar refractivity (Wildman–Crippen MR) is 138 cm³/mol. The van der Waals surface area contributed by atoms with E-state index in [-0.39, 0.29) is 33.7 Å². The summed E-state index contributed by atoms with van der Waals surface area (Å²) < 4.78 is 17.8. The first kappa shape index (κ1) is 25.1. The Morgan fingerprint density at radius 2 is 1.38 bits per heavy atom. The number of hydrogen-bond acceptors (Lipinski definition) is 6. The molecule has 0 fully saturated rings. The fourth-order valence-corrected chi connectivity index (χ4v) is 6.21. The molecule has 1 aliphatic heterocycles. The van der Waals surface area contributed by atoms with Gasteiger partial charge in [0.25, 0.3) is 0 Å². The summed E-state index contributed by atoms with van der Waals surface area (Å²) >= 11 is 0. The molecule has 7 heteroatoms. The van der Waals surface area contributed by atoms with E-state index in [0.29, 0.717) is 70.4 Å². The Balaban J connectivity index is 1.87. The lowest BCUT2D eigenvalue weighted by molar-refractivity contribution is -0.120. The molecule has 7 nitrogen and oxygen atoms in total. The molecule has 194 valence electrons. The lowest BCUT2D eigenvalue weighted by atomic mass is 9.65. The maximum Gasteiger partial charge on any atom is 0.339 e. The molecular weight excluding hydrogens is 472 g/mol. The van der Waals surface area contributed by atoms with Gasteiger partial charge in [0.2, 0.25) is 0 Å². The van der Waals surface area contributed by atoms with Crippen LogP contribution in [0.1, 0.15) is 75.2 Å². The summed E-state index contributed by atoms with van der Waals surface area (Å²) in [6, 6.07) is 6.71. The molecule has 1 heterocycles. The average molecular weight is 505 g/mol. The van der Waals surface area contributed by atoms with Gasteiger partial charge in [-0.3, -0.25) is 9.59 Å². The second-order valence-electron chi connectivity index (χ2n) is 11.8. The van der Waals surface area contributed by atoms with Crippen LogP contribution in [0.15, 0.2) is 46.9 Å². The number of Topliss-reactive ketones (excluding diaryl/α,β-unsaturated/α-hetero) is 2. The third-order valence-electron chi connectivity index (χ3n) is 7.68. The van der Waals surface area contributed by atoms with E-state index in [2.05, 4.69) is 0 Å². The van der Waals surface area contributed by atoms with Gasteiger partial charge in [0.05, 0.1) is 20.1 Å². The Bertz CT molecular complexity index is 1390. The van der Waals surface area contributed by atoms with Crippen LogP contribution in [0.5, 0.6) is 11.5 Å². The highest BCUT2D eigenvalue weighted by atomic mass is 16.5. The monoisotopic (exact) mass is 504 g/mol. The molecule has 3 aliphatic rings. The molecule has 37 heavy (non-hydrogen) atoms. The summed E-state index contributed by atoms with van der Waals surface area (Å²) in [5.41, 5.74) is 1.14. The van der Waals surface area contributed by atoms with E-state index in [9.17, 15) is 19.5 Å². The number of allylic oxidation sites excluding steroid dienone is 4. The Morgan fingerprint density at radius 3 is 1.86 bits per heavy atom. The van der Waals surface area contributed by atoms with Crippen molar-refractivity contribution < 1.29 is 33.7 Å². The Labute approximate surface area is 216 Å². The number of benzene rings is 2. The van der Waals surface area contributed by atoms with Gasteiger partial charge in [-0.05, 0) is 34.4 Å². The van der Waals surface area contributed by atoms with Gasteiger partial charge in [0.15, 0.2) is 11.6 Å². The number of ketones is 2. The lowest BCUT2D eigenvalue weighted by Crippen LogP contribution is -2.37. The molecule has 0 amide bonds. The normalized spacial score (nSPS) is 20.9. The number of aromatic carboxylic acids is 1. The number of carbonyl (C=O) groups is 3. The van der Waals surface area contributed by atoms with Crippen LogP contribution >= 0.6 is 0 Å². The zero-order chi connectivity index (χ0) is 26.9. The molecule has 0 spiro atoms. The summed E-state index contributed by atoms with van der Waals surface area (Å²) in [6.07, 6.45) is 1.84. The maximum atomic E-state index is 13.7. The van der Waals surface area contributed by atoms with Crippen molar-refractivity contribution in [2.45, 2.75) is 59.3 Å². The first-order valence-corrected chi connectivity index (χ1v) is 12.5. The van der Waals surface area contributed by atoms with Crippen LogP contribution in [0.3, 0.4) is 0 Å². The second kappa shape index (κ2) is 8.47. The molecule has 0 atom stereocenters. The molecule has 5 rings (SSSR count). The van der Waals surface area contributed by atoms with E-state index >= 15 is 0 Å². The number of carboxylic acids is 1. The number of carboxylic acid groups (broad SMARTS) is 1. The van der Waals surface area contributed by atoms with Crippen LogP contribution in [-0.2, 0) is 14.3 Å². The third kappa shape index (κ3) is 4.01. The summed E-state index contributed by atoms with van der Waals surface area (Å²) in [5, 5.41) is 11.0. The Hall–Kier alpha value is -3.61. The number of ether oxygens (including phenoxy) is 3. The van der Waals surface area contributed by atoms with Crippen molar-refractivity contribution >= 4 is 28.3 Å². The lowest BCUT2D eigenvalue weighted by Gasteiger charge is -2.43. The molecule has 2 aliphatic carbocycles. The van der Waals surface area contributed by atoms with Gasteiger partial charge in [-0.25, -0.2) is 4.79 Å². The van der Waals surface area contributed by atoms with Gasteiger partial charge in [-0.2, -0.15) is 0 Å². The number of hydrogen-bond donors (Lipinski definition) is 1. The van der Waals surface area contributed by atoms with E-state index in [0.717, 1.165) is 0 Å². The van der Waals surface area contributed by atoms with Crippen LogP contribution < -0.4 is 9.47 Å². The SMILES string of the molecule is COc1ccc2c(OC)c(C(=O)O)ccc2c1C1C2=C(CC(C)(C)CC2=O)OC2=C1C(=O)CC(C)(C)C2. The quantitative estimate of drug-likeness (QED) is 0.549. The Morgan fingerprint density at radius 1 is 0.838 bits per heavy atom. The van der Waals surface area contributed by atoms with E-state index in [1.54, 1.807) is 25.3 Å². The van der Waals surface area contributed by atoms with E-state index < -0.39 is 11.9 Å². The van der Waals surface area contributed by atoms with Crippen LogP contribution in [0.2, 0.25) is 0 Å². The van der Waals surface area contributed by atoms with Gasteiger partial charge >= 0.3 is 5.97 Å². The van der Waals surface area contributed by atoms with Gasteiger partial charge in [-0.1, -0.05) is 33.8 Å².